The molecule has 2 aliphatic heterocycles. The van der Waals surface area contributed by atoms with Gasteiger partial charge in [-0.1, -0.05) is 36.4 Å². The van der Waals surface area contributed by atoms with Gasteiger partial charge in [0.05, 0.1) is 37.1 Å². The van der Waals surface area contributed by atoms with Crippen LogP contribution in [-0.4, -0.2) is 43.7 Å². The number of rotatable bonds is 4. The number of allylic oxidation sites excluding steroid dienone is 2. The van der Waals surface area contributed by atoms with E-state index in [4.69, 9.17) is 9.47 Å². The van der Waals surface area contributed by atoms with Gasteiger partial charge in [-0.2, -0.15) is 0 Å². The molecule has 2 aromatic rings. The lowest BCUT2D eigenvalue weighted by Crippen LogP contribution is -2.41. The lowest BCUT2D eigenvalue weighted by Gasteiger charge is -2.39. The molecule has 3 aliphatic rings. The highest BCUT2D eigenvalue weighted by molar-refractivity contribution is 6.01. The second-order valence-electron chi connectivity index (χ2n) is 8.15. The number of hydrogen-bond donors (Lipinski definition) is 1. The van der Waals surface area contributed by atoms with Crippen LogP contribution in [0.2, 0.25) is 0 Å². The number of ether oxygens (including phenoxy) is 2. The van der Waals surface area contributed by atoms with Crippen LogP contribution in [0.1, 0.15) is 46.8 Å². The standard InChI is InChI=1S/C25H28N2O3/c1-2-30-18-11-9-17(10-12-18)23-20-6-3-5-19(20)21-7-4-8-22(24(21)26-23)25(28)27-13-15-29-16-14-27/h3-5,7-12,19-20,23,26H,2,6,13-16H2,1H3. The van der Waals surface area contributed by atoms with E-state index >= 15 is 0 Å². The Morgan fingerprint density at radius 2 is 1.97 bits per heavy atom. The van der Waals surface area contributed by atoms with Crippen molar-refractivity contribution in [3.8, 4) is 5.75 Å². The third-order valence-corrected chi connectivity index (χ3v) is 6.48. The Hall–Kier alpha value is -2.79. The first-order valence-electron chi connectivity index (χ1n) is 10.9. The lowest BCUT2D eigenvalue weighted by molar-refractivity contribution is 0.0303. The van der Waals surface area contributed by atoms with Crippen LogP contribution < -0.4 is 10.1 Å². The number of nitrogens with one attached hydrogen (secondary N) is 1. The van der Waals surface area contributed by atoms with E-state index in [1.807, 2.05) is 36.1 Å². The molecule has 3 atom stereocenters. The smallest absolute Gasteiger partial charge is 0.256 e. The number of fused-ring (bicyclic) bond motifs is 3. The molecule has 5 rings (SSSR count). The average molecular weight is 405 g/mol. The number of benzene rings is 2. The number of morpholine rings is 1. The first-order chi connectivity index (χ1) is 14.8. The fraction of sp³-hybridized carbons (Fsp3) is 0.400. The van der Waals surface area contributed by atoms with Crippen molar-refractivity contribution in [2.75, 3.05) is 38.2 Å². The Morgan fingerprint density at radius 3 is 2.73 bits per heavy atom. The Labute approximate surface area is 177 Å². The number of amides is 1. The molecule has 0 radical (unpaired) electrons. The van der Waals surface area contributed by atoms with Crippen LogP contribution in [0.5, 0.6) is 5.75 Å². The molecule has 1 N–H and O–H groups in total. The molecule has 2 aromatic carbocycles. The van der Waals surface area contributed by atoms with E-state index < -0.39 is 0 Å². The molecule has 1 aliphatic carbocycles. The first kappa shape index (κ1) is 19.2. The minimum absolute atomic E-state index is 0.0912. The summed E-state index contributed by atoms with van der Waals surface area (Å²) in [4.78, 5) is 15.2. The first-order valence-corrected chi connectivity index (χ1v) is 10.9. The highest BCUT2D eigenvalue weighted by Gasteiger charge is 2.39. The largest absolute Gasteiger partial charge is 0.494 e. The summed E-state index contributed by atoms with van der Waals surface area (Å²) in [6.45, 7) is 5.17. The van der Waals surface area contributed by atoms with E-state index in [0.717, 1.165) is 23.4 Å². The van der Waals surface area contributed by atoms with Crippen LogP contribution in [0.4, 0.5) is 5.69 Å². The number of carbonyl (C=O) groups is 1. The van der Waals surface area contributed by atoms with Gasteiger partial charge < -0.3 is 19.7 Å². The van der Waals surface area contributed by atoms with Gasteiger partial charge in [-0.3, -0.25) is 4.79 Å². The molecule has 0 saturated carbocycles. The number of hydrogen-bond acceptors (Lipinski definition) is 4. The van der Waals surface area contributed by atoms with Gasteiger partial charge in [0.1, 0.15) is 5.75 Å². The predicted octanol–water partition coefficient (Wildman–Crippen LogP) is 4.38. The molecule has 5 heteroatoms. The molecule has 2 heterocycles. The van der Waals surface area contributed by atoms with E-state index in [1.54, 1.807) is 0 Å². The molecule has 1 fully saturated rings. The van der Waals surface area contributed by atoms with Crippen molar-refractivity contribution in [3.63, 3.8) is 0 Å². The van der Waals surface area contributed by atoms with E-state index in [2.05, 4.69) is 35.7 Å². The molecule has 30 heavy (non-hydrogen) atoms. The van der Waals surface area contributed by atoms with Gasteiger partial charge in [-0.15, -0.1) is 0 Å². The molecule has 0 aromatic heterocycles. The lowest BCUT2D eigenvalue weighted by atomic mass is 9.76. The van der Waals surface area contributed by atoms with E-state index in [1.165, 1.54) is 11.1 Å². The van der Waals surface area contributed by atoms with Crippen LogP contribution >= 0.6 is 0 Å². The van der Waals surface area contributed by atoms with Crippen LogP contribution in [0.15, 0.2) is 54.6 Å². The van der Waals surface area contributed by atoms with E-state index in [9.17, 15) is 4.79 Å². The average Bonchev–Trinajstić information content (AvgIpc) is 3.29. The monoisotopic (exact) mass is 404 g/mol. The Bertz CT molecular complexity index is 947. The zero-order chi connectivity index (χ0) is 20.5. The van der Waals surface area contributed by atoms with Crippen molar-refractivity contribution in [3.05, 3.63) is 71.3 Å². The quantitative estimate of drug-likeness (QED) is 0.768. The van der Waals surface area contributed by atoms with E-state index in [0.29, 0.717) is 44.7 Å². The van der Waals surface area contributed by atoms with Gasteiger partial charge in [-0.05, 0) is 48.6 Å². The maximum atomic E-state index is 13.3. The van der Waals surface area contributed by atoms with Gasteiger partial charge in [0, 0.05) is 19.0 Å². The molecule has 156 valence electrons. The molecule has 1 amide bonds. The van der Waals surface area contributed by atoms with Crippen molar-refractivity contribution < 1.29 is 14.3 Å². The van der Waals surface area contributed by atoms with Gasteiger partial charge in [0.2, 0.25) is 0 Å². The summed E-state index contributed by atoms with van der Waals surface area (Å²) in [7, 11) is 0. The summed E-state index contributed by atoms with van der Waals surface area (Å²) in [5, 5.41) is 3.77. The minimum Gasteiger partial charge on any atom is -0.494 e. The number of anilines is 1. The highest BCUT2D eigenvalue weighted by atomic mass is 16.5. The molecule has 1 saturated heterocycles. The van der Waals surface area contributed by atoms with Crippen LogP contribution in [0, 0.1) is 5.92 Å². The van der Waals surface area contributed by atoms with E-state index in [-0.39, 0.29) is 11.9 Å². The van der Waals surface area contributed by atoms with Crippen molar-refractivity contribution in [1.82, 2.24) is 4.90 Å². The van der Waals surface area contributed by atoms with Crippen LogP contribution in [-0.2, 0) is 4.74 Å². The second kappa shape index (κ2) is 8.15. The van der Waals surface area contributed by atoms with Crippen molar-refractivity contribution in [1.29, 1.82) is 0 Å². The summed E-state index contributed by atoms with van der Waals surface area (Å²) in [6.07, 6.45) is 5.63. The second-order valence-corrected chi connectivity index (χ2v) is 8.15. The van der Waals surface area contributed by atoms with Crippen LogP contribution in [0.3, 0.4) is 0 Å². The SMILES string of the molecule is CCOc1ccc(C2Nc3c(C(=O)N4CCOCC4)cccc3C3C=CCC32)cc1. The Balaban J connectivity index is 1.50. The summed E-state index contributed by atoms with van der Waals surface area (Å²) in [6, 6.07) is 14.7. The summed E-state index contributed by atoms with van der Waals surface area (Å²) < 4.78 is 11.0. The zero-order valence-electron chi connectivity index (χ0n) is 17.3. The predicted molar refractivity (Wildman–Crippen MR) is 117 cm³/mol. The summed E-state index contributed by atoms with van der Waals surface area (Å²) in [5.74, 6) is 1.76. The molecule has 0 spiro atoms. The normalized spacial score (nSPS) is 24.7. The summed E-state index contributed by atoms with van der Waals surface area (Å²) >= 11 is 0. The summed E-state index contributed by atoms with van der Waals surface area (Å²) in [5.41, 5.74) is 4.22. The van der Waals surface area contributed by atoms with Crippen LogP contribution in [0.25, 0.3) is 0 Å². The maximum Gasteiger partial charge on any atom is 0.256 e. The minimum atomic E-state index is 0.0912. The Kier molecular flexibility index (Phi) is 5.21. The topological polar surface area (TPSA) is 50.8 Å². The van der Waals surface area contributed by atoms with Gasteiger partial charge >= 0.3 is 0 Å². The number of carbonyl (C=O) groups excluding carboxylic acids is 1. The maximum absolute atomic E-state index is 13.3. The van der Waals surface area contributed by atoms with Crippen molar-refractivity contribution >= 4 is 11.6 Å². The fourth-order valence-corrected chi connectivity index (χ4v) is 5.00. The van der Waals surface area contributed by atoms with Crippen molar-refractivity contribution in [2.24, 2.45) is 5.92 Å². The number of nitrogens with zero attached hydrogens (tertiary/aromatic N) is 1. The molecule has 3 unspecified atom stereocenters. The Morgan fingerprint density at radius 1 is 1.17 bits per heavy atom. The molecular weight excluding hydrogens is 376 g/mol. The fourth-order valence-electron chi connectivity index (χ4n) is 5.00. The van der Waals surface area contributed by atoms with Crippen molar-refractivity contribution in [2.45, 2.75) is 25.3 Å². The molecular formula is C25H28N2O3. The third-order valence-electron chi connectivity index (χ3n) is 6.48. The van der Waals surface area contributed by atoms with Gasteiger partial charge in [-0.25, -0.2) is 0 Å². The highest BCUT2D eigenvalue weighted by Crippen LogP contribution is 2.50. The van der Waals surface area contributed by atoms with Gasteiger partial charge in [0.25, 0.3) is 5.91 Å². The molecule has 5 nitrogen and oxygen atoms in total. The van der Waals surface area contributed by atoms with Gasteiger partial charge in [0.15, 0.2) is 0 Å². The zero-order valence-corrected chi connectivity index (χ0v) is 17.3. The molecule has 0 bridgehead atoms. The third kappa shape index (κ3) is 3.37. The number of para-hydroxylation sites is 1.